The average molecular weight is 264 g/mol. The van der Waals surface area contributed by atoms with Crippen molar-refractivity contribution in [3.05, 3.63) is 28.2 Å². The Bertz CT molecular complexity index is 323. The van der Waals surface area contributed by atoms with Crippen LogP contribution in [-0.4, -0.2) is 26.6 Å². The maximum atomic E-state index is 6.04. The second-order valence-electron chi connectivity index (χ2n) is 3.37. The van der Waals surface area contributed by atoms with Crippen molar-refractivity contribution in [1.29, 1.82) is 0 Å². The highest BCUT2D eigenvalue weighted by atomic mass is 35.5. The normalized spacial score (nSPS) is 12.9. The molecule has 0 saturated carbocycles. The summed E-state index contributed by atoms with van der Waals surface area (Å²) < 4.78 is 10.3. The summed E-state index contributed by atoms with van der Waals surface area (Å²) in [4.78, 5) is 0. The lowest BCUT2D eigenvalue weighted by molar-refractivity contribution is -0.109. The summed E-state index contributed by atoms with van der Waals surface area (Å²) >= 11 is 12.1. The predicted octanol–water partition coefficient (Wildman–Crippen LogP) is 3.41. The van der Waals surface area contributed by atoms with Crippen LogP contribution < -0.4 is 5.32 Å². The predicted molar refractivity (Wildman–Crippen MR) is 67.4 cm³/mol. The zero-order valence-corrected chi connectivity index (χ0v) is 11.0. The number of para-hydroxylation sites is 1. The zero-order chi connectivity index (χ0) is 12.1. The molecule has 0 spiro atoms. The van der Waals surface area contributed by atoms with Crippen LogP contribution in [0.15, 0.2) is 18.2 Å². The maximum absolute atomic E-state index is 6.04. The molecule has 0 aliphatic carbocycles. The summed E-state index contributed by atoms with van der Waals surface area (Å²) in [6.07, 6.45) is -0.354. The van der Waals surface area contributed by atoms with Crippen LogP contribution in [0.1, 0.15) is 6.92 Å². The van der Waals surface area contributed by atoms with Crippen molar-refractivity contribution >= 4 is 28.9 Å². The highest BCUT2D eigenvalue weighted by Gasteiger charge is 2.17. The Labute approximate surface area is 106 Å². The Kier molecular flexibility index (Phi) is 5.35. The zero-order valence-electron chi connectivity index (χ0n) is 9.46. The Morgan fingerprint density at radius 2 is 1.62 bits per heavy atom. The van der Waals surface area contributed by atoms with Crippen molar-refractivity contribution in [3.63, 3.8) is 0 Å². The van der Waals surface area contributed by atoms with Crippen molar-refractivity contribution in [2.45, 2.75) is 19.3 Å². The van der Waals surface area contributed by atoms with Gasteiger partial charge in [0.15, 0.2) is 6.29 Å². The van der Waals surface area contributed by atoms with Crippen molar-refractivity contribution in [1.82, 2.24) is 0 Å². The molecular weight excluding hydrogens is 249 g/mol. The van der Waals surface area contributed by atoms with Gasteiger partial charge in [-0.15, -0.1) is 0 Å². The number of hydrogen-bond acceptors (Lipinski definition) is 3. The number of rotatable bonds is 5. The molecule has 0 aromatic heterocycles. The summed E-state index contributed by atoms with van der Waals surface area (Å²) in [7, 11) is 3.17. The molecule has 0 heterocycles. The van der Waals surface area contributed by atoms with Crippen LogP contribution in [0, 0.1) is 0 Å². The lowest BCUT2D eigenvalue weighted by Crippen LogP contribution is -2.33. The number of halogens is 2. The number of methoxy groups -OCH3 is 2. The lowest BCUT2D eigenvalue weighted by Gasteiger charge is -2.24. The Morgan fingerprint density at radius 3 is 2.06 bits per heavy atom. The summed E-state index contributed by atoms with van der Waals surface area (Å²) in [5.41, 5.74) is 0.692. The fourth-order valence-electron chi connectivity index (χ4n) is 1.44. The lowest BCUT2D eigenvalue weighted by atomic mass is 10.2. The van der Waals surface area contributed by atoms with Gasteiger partial charge in [0.2, 0.25) is 0 Å². The quantitative estimate of drug-likeness (QED) is 0.826. The molecule has 1 aromatic carbocycles. The van der Waals surface area contributed by atoms with Gasteiger partial charge in [0.25, 0.3) is 0 Å². The molecule has 0 aliphatic rings. The molecule has 1 N–H and O–H groups in total. The van der Waals surface area contributed by atoms with Crippen LogP contribution in [0.3, 0.4) is 0 Å². The maximum Gasteiger partial charge on any atom is 0.176 e. The number of nitrogens with one attached hydrogen (secondary N) is 1. The van der Waals surface area contributed by atoms with Crippen LogP contribution in [0.25, 0.3) is 0 Å². The molecule has 1 rings (SSSR count). The number of benzene rings is 1. The highest BCUT2D eigenvalue weighted by Crippen LogP contribution is 2.30. The summed E-state index contributed by atoms with van der Waals surface area (Å²) in [5, 5.41) is 4.32. The smallest absolute Gasteiger partial charge is 0.176 e. The molecule has 0 saturated heterocycles. The average Bonchev–Trinajstić information content (AvgIpc) is 2.25. The Balaban J connectivity index is 2.80. The monoisotopic (exact) mass is 263 g/mol. The molecule has 3 nitrogen and oxygen atoms in total. The molecule has 90 valence electrons. The third-order valence-electron chi connectivity index (χ3n) is 2.21. The fraction of sp³-hybridized carbons (Fsp3) is 0.455. The van der Waals surface area contributed by atoms with Crippen molar-refractivity contribution in [2.24, 2.45) is 0 Å². The van der Waals surface area contributed by atoms with E-state index in [2.05, 4.69) is 5.32 Å². The van der Waals surface area contributed by atoms with E-state index in [-0.39, 0.29) is 12.3 Å². The minimum absolute atomic E-state index is 0.0626. The SMILES string of the molecule is COC(OC)C(C)Nc1c(Cl)cccc1Cl. The van der Waals surface area contributed by atoms with Gasteiger partial charge in [-0.05, 0) is 19.1 Å². The second-order valence-corrected chi connectivity index (χ2v) is 4.18. The molecule has 0 aliphatic heterocycles. The van der Waals surface area contributed by atoms with Gasteiger partial charge in [-0.2, -0.15) is 0 Å². The van der Waals surface area contributed by atoms with Gasteiger partial charge in [-0.1, -0.05) is 29.3 Å². The van der Waals surface area contributed by atoms with E-state index in [0.717, 1.165) is 0 Å². The van der Waals surface area contributed by atoms with Gasteiger partial charge in [0.05, 0.1) is 21.8 Å². The van der Waals surface area contributed by atoms with Crippen LogP contribution in [0.5, 0.6) is 0 Å². The van der Waals surface area contributed by atoms with E-state index in [1.54, 1.807) is 32.4 Å². The molecule has 1 unspecified atom stereocenters. The van der Waals surface area contributed by atoms with Gasteiger partial charge in [-0.3, -0.25) is 0 Å². The first-order valence-corrected chi connectivity index (χ1v) is 5.62. The van der Waals surface area contributed by atoms with E-state index in [1.807, 2.05) is 6.92 Å². The Hall–Kier alpha value is -0.480. The van der Waals surface area contributed by atoms with Gasteiger partial charge < -0.3 is 14.8 Å². The first kappa shape index (κ1) is 13.6. The number of ether oxygens (including phenoxy) is 2. The molecule has 0 fully saturated rings. The van der Waals surface area contributed by atoms with Crippen LogP contribution in [0.2, 0.25) is 10.0 Å². The minimum Gasteiger partial charge on any atom is -0.375 e. The summed E-state index contributed by atoms with van der Waals surface area (Å²) in [5.74, 6) is 0. The summed E-state index contributed by atoms with van der Waals surface area (Å²) in [6.45, 7) is 1.93. The minimum atomic E-state index is -0.354. The van der Waals surface area contributed by atoms with E-state index >= 15 is 0 Å². The molecule has 1 aromatic rings. The second kappa shape index (κ2) is 6.30. The van der Waals surface area contributed by atoms with Gasteiger partial charge in [0.1, 0.15) is 0 Å². The van der Waals surface area contributed by atoms with Crippen LogP contribution >= 0.6 is 23.2 Å². The molecule has 0 radical (unpaired) electrons. The molecule has 1 atom stereocenters. The van der Waals surface area contributed by atoms with E-state index in [4.69, 9.17) is 32.7 Å². The van der Waals surface area contributed by atoms with E-state index in [9.17, 15) is 0 Å². The Morgan fingerprint density at radius 1 is 1.12 bits per heavy atom. The van der Waals surface area contributed by atoms with Crippen LogP contribution in [-0.2, 0) is 9.47 Å². The van der Waals surface area contributed by atoms with E-state index in [1.165, 1.54) is 0 Å². The van der Waals surface area contributed by atoms with Gasteiger partial charge in [0, 0.05) is 14.2 Å². The third-order valence-corrected chi connectivity index (χ3v) is 2.84. The van der Waals surface area contributed by atoms with Crippen LogP contribution in [0.4, 0.5) is 5.69 Å². The standard InChI is InChI=1S/C11H15Cl2NO2/c1-7(11(15-2)16-3)14-10-8(12)5-4-6-9(10)13/h4-7,11,14H,1-3H3. The fourth-order valence-corrected chi connectivity index (χ4v) is 1.94. The molecule has 16 heavy (non-hydrogen) atoms. The van der Waals surface area contributed by atoms with Crippen molar-refractivity contribution < 1.29 is 9.47 Å². The first-order valence-electron chi connectivity index (χ1n) is 4.86. The third kappa shape index (κ3) is 3.25. The van der Waals surface area contributed by atoms with Crippen molar-refractivity contribution in [2.75, 3.05) is 19.5 Å². The molecule has 5 heteroatoms. The first-order chi connectivity index (χ1) is 7.60. The number of anilines is 1. The van der Waals surface area contributed by atoms with E-state index < -0.39 is 0 Å². The van der Waals surface area contributed by atoms with Gasteiger partial charge in [-0.25, -0.2) is 0 Å². The van der Waals surface area contributed by atoms with E-state index in [0.29, 0.717) is 15.7 Å². The number of hydrogen-bond donors (Lipinski definition) is 1. The van der Waals surface area contributed by atoms with Gasteiger partial charge >= 0.3 is 0 Å². The summed E-state index contributed by atoms with van der Waals surface area (Å²) in [6, 6.07) is 5.28. The topological polar surface area (TPSA) is 30.5 Å². The highest BCUT2D eigenvalue weighted by molar-refractivity contribution is 6.39. The van der Waals surface area contributed by atoms with Crippen molar-refractivity contribution in [3.8, 4) is 0 Å². The largest absolute Gasteiger partial charge is 0.375 e. The molecular formula is C11H15Cl2NO2. The molecule has 0 bridgehead atoms. The molecule has 0 amide bonds.